The first-order valence-corrected chi connectivity index (χ1v) is 9.05. The Bertz CT molecular complexity index is 1240. The molecule has 3 aromatic rings. The molecule has 0 saturated heterocycles. The summed E-state index contributed by atoms with van der Waals surface area (Å²) in [5, 5.41) is 11.7. The highest BCUT2D eigenvalue weighted by Crippen LogP contribution is 2.48. The summed E-state index contributed by atoms with van der Waals surface area (Å²) in [7, 11) is 0. The molecule has 1 saturated carbocycles. The molecule has 2 heterocycles. The van der Waals surface area contributed by atoms with E-state index >= 15 is 0 Å². The van der Waals surface area contributed by atoms with E-state index in [0.717, 1.165) is 6.07 Å². The summed E-state index contributed by atoms with van der Waals surface area (Å²) in [5.41, 5.74) is -0.588. The molecular formula is C21H16F2N4O2. The molecule has 0 spiro atoms. The van der Waals surface area contributed by atoms with E-state index < -0.39 is 34.6 Å². The second-order valence-corrected chi connectivity index (χ2v) is 7.17. The van der Waals surface area contributed by atoms with E-state index in [0.29, 0.717) is 18.5 Å². The van der Waals surface area contributed by atoms with Crippen LogP contribution in [0, 0.1) is 23.0 Å². The number of pyridine rings is 2. The van der Waals surface area contributed by atoms with Crippen molar-refractivity contribution in [3.05, 3.63) is 75.3 Å². The molecule has 1 fully saturated rings. The summed E-state index contributed by atoms with van der Waals surface area (Å²) in [4.78, 5) is 32.2. The zero-order chi connectivity index (χ0) is 20.8. The molecule has 0 radical (unpaired) electrons. The highest BCUT2D eigenvalue weighted by atomic mass is 19.2. The van der Waals surface area contributed by atoms with Gasteiger partial charge in [0.2, 0.25) is 5.91 Å². The van der Waals surface area contributed by atoms with Crippen molar-refractivity contribution in [2.45, 2.75) is 31.2 Å². The van der Waals surface area contributed by atoms with E-state index in [1.807, 2.05) is 6.07 Å². The fourth-order valence-electron chi connectivity index (χ4n) is 3.48. The first kappa shape index (κ1) is 18.7. The summed E-state index contributed by atoms with van der Waals surface area (Å²) in [5.74, 6) is -2.49. The lowest BCUT2D eigenvalue weighted by atomic mass is 9.94. The largest absolute Gasteiger partial charge is 0.347 e. The summed E-state index contributed by atoms with van der Waals surface area (Å²) in [6.45, 7) is 1.72. The van der Waals surface area contributed by atoms with Crippen LogP contribution in [-0.2, 0) is 10.2 Å². The van der Waals surface area contributed by atoms with E-state index in [1.54, 1.807) is 25.1 Å². The van der Waals surface area contributed by atoms with Crippen LogP contribution in [0.1, 0.15) is 42.8 Å². The number of nitrogens with zero attached hydrogens (tertiary/aromatic N) is 2. The number of amides is 1. The summed E-state index contributed by atoms with van der Waals surface area (Å²) >= 11 is 0. The number of aromatic amines is 1. The van der Waals surface area contributed by atoms with Gasteiger partial charge in [0.1, 0.15) is 11.8 Å². The zero-order valence-corrected chi connectivity index (χ0v) is 15.4. The molecule has 6 nitrogen and oxygen atoms in total. The zero-order valence-electron chi connectivity index (χ0n) is 15.4. The molecule has 2 aromatic heterocycles. The SMILES string of the molecule is CC(NC(=O)C1(c2cc3c(F)c(F)ccc3[nH]c2=O)CC1)c1cccc(C#N)n1. The normalized spacial score (nSPS) is 15.5. The number of hydrogen-bond acceptors (Lipinski definition) is 4. The van der Waals surface area contributed by atoms with E-state index in [2.05, 4.69) is 15.3 Å². The Morgan fingerprint density at radius 3 is 2.76 bits per heavy atom. The van der Waals surface area contributed by atoms with E-state index in [4.69, 9.17) is 5.26 Å². The highest BCUT2D eigenvalue weighted by Gasteiger charge is 2.53. The third-order valence-corrected chi connectivity index (χ3v) is 5.29. The van der Waals surface area contributed by atoms with Crippen molar-refractivity contribution < 1.29 is 13.6 Å². The van der Waals surface area contributed by atoms with Crippen LogP contribution in [0.2, 0.25) is 0 Å². The minimum atomic E-state index is -1.10. The van der Waals surface area contributed by atoms with Crippen molar-refractivity contribution in [3.63, 3.8) is 0 Å². The summed E-state index contributed by atoms with van der Waals surface area (Å²) in [6, 6.07) is 9.85. The van der Waals surface area contributed by atoms with Gasteiger partial charge in [-0.2, -0.15) is 5.26 Å². The average Bonchev–Trinajstić information content (AvgIpc) is 3.52. The van der Waals surface area contributed by atoms with Crippen LogP contribution in [0.15, 0.2) is 41.2 Å². The van der Waals surface area contributed by atoms with Gasteiger partial charge in [-0.05, 0) is 50.1 Å². The summed E-state index contributed by atoms with van der Waals surface area (Å²) in [6.07, 6.45) is 0.839. The minimum Gasteiger partial charge on any atom is -0.347 e. The maximum absolute atomic E-state index is 14.2. The van der Waals surface area contributed by atoms with Gasteiger partial charge >= 0.3 is 0 Å². The fraction of sp³-hybridized carbons (Fsp3) is 0.238. The van der Waals surface area contributed by atoms with Gasteiger partial charge in [0.15, 0.2) is 11.6 Å². The Labute approximate surface area is 164 Å². The van der Waals surface area contributed by atoms with Crippen LogP contribution in [0.25, 0.3) is 10.9 Å². The molecule has 0 aliphatic heterocycles. The topological polar surface area (TPSA) is 98.6 Å². The third kappa shape index (κ3) is 3.14. The first-order chi connectivity index (χ1) is 13.9. The number of carbonyl (C=O) groups excluding carboxylic acids is 1. The Morgan fingerprint density at radius 1 is 1.31 bits per heavy atom. The maximum atomic E-state index is 14.2. The minimum absolute atomic E-state index is 0.0740. The van der Waals surface area contributed by atoms with Crippen LogP contribution in [0.3, 0.4) is 0 Å². The molecule has 146 valence electrons. The number of benzene rings is 1. The number of hydrogen-bond donors (Lipinski definition) is 2. The van der Waals surface area contributed by atoms with Gasteiger partial charge in [-0.1, -0.05) is 6.07 Å². The predicted molar refractivity (Wildman–Crippen MR) is 101 cm³/mol. The second-order valence-electron chi connectivity index (χ2n) is 7.17. The molecule has 1 atom stereocenters. The van der Waals surface area contributed by atoms with Crippen LogP contribution in [0.4, 0.5) is 8.78 Å². The van der Waals surface area contributed by atoms with E-state index in [9.17, 15) is 18.4 Å². The van der Waals surface area contributed by atoms with Gasteiger partial charge in [-0.15, -0.1) is 0 Å². The number of halogens is 2. The second kappa shape index (κ2) is 6.78. The van der Waals surface area contributed by atoms with E-state index in [-0.39, 0.29) is 22.2 Å². The van der Waals surface area contributed by atoms with Crippen molar-refractivity contribution in [2.75, 3.05) is 0 Å². The van der Waals surface area contributed by atoms with Crippen molar-refractivity contribution in [2.24, 2.45) is 0 Å². The molecule has 1 aromatic carbocycles. The van der Waals surface area contributed by atoms with Crippen LogP contribution in [-0.4, -0.2) is 15.9 Å². The molecule has 1 aliphatic rings. The number of nitrogens with one attached hydrogen (secondary N) is 2. The molecule has 4 rings (SSSR count). The monoisotopic (exact) mass is 394 g/mol. The van der Waals surface area contributed by atoms with Crippen LogP contribution in [0.5, 0.6) is 0 Å². The fourth-order valence-corrected chi connectivity index (χ4v) is 3.48. The first-order valence-electron chi connectivity index (χ1n) is 9.05. The van der Waals surface area contributed by atoms with Gasteiger partial charge in [-0.3, -0.25) is 9.59 Å². The quantitative estimate of drug-likeness (QED) is 0.711. The molecule has 1 amide bonds. The predicted octanol–water partition coefficient (Wildman–Crippen LogP) is 2.98. The highest BCUT2D eigenvalue weighted by molar-refractivity contribution is 5.93. The number of nitriles is 1. The van der Waals surface area contributed by atoms with Crippen molar-refractivity contribution in [1.82, 2.24) is 15.3 Å². The number of fused-ring (bicyclic) bond motifs is 1. The van der Waals surface area contributed by atoms with Crippen molar-refractivity contribution in [1.29, 1.82) is 5.26 Å². The standard InChI is InChI=1S/C21H16F2N4O2/c1-11(16-4-2-3-12(10-24)26-16)25-20(29)21(7-8-21)14-9-13-17(27-19(14)28)6-5-15(22)18(13)23/h2-6,9,11H,7-8H2,1H3,(H,25,29)(H,27,28). The molecule has 29 heavy (non-hydrogen) atoms. The lowest BCUT2D eigenvalue weighted by Gasteiger charge is -2.20. The van der Waals surface area contributed by atoms with Gasteiger partial charge in [-0.25, -0.2) is 13.8 Å². The maximum Gasteiger partial charge on any atom is 0.252 e. The third-order valence-electron chi connectivity index (χ3n) is 5.29. The summed E-state index contributed by atoms with van der Waals surface area (Å²) < 4.78 is 27.8. The lowest BCUT2D eigenvalue weighted by molar-refractivity contribution is -0.124. The Hall–Kier alpha value is -3.60. The van der Waals surface area contributed by atoms with Crippen LogP contribution < -0.4 is 10.9 Å². The van der Waals surface area contributed by atoms with E-state index in [1.165, 1.54) is 12.1 Å². The Balaban J connectivity index is 1.67. The molecular weight excluding hydrogens is 378 g/mol. The van der Waals surface area contributed by atoms with Gasteiger partial charge < -0.3 is 10.3 Å². The van der Waals surface area contributed by atoms with Crippen LogP contribution >= 0.6 is 0 Å². The number of aromatic nitrogens is 2. The molecule has 2 N–H and O–H groups in total. The molecule has 0 bridgehead atoms. The molecule has 1 unspecified atom stereocenters. The number of carbonyl (C=O) groups is 1. The average molecular weight is 394 g/mol. The smallest absolute Gasteiger partial charge is 0.252 e. The Morgan fingerprint density at radius 2 is 2.07 bits per heavy atom. The van der Waals surface area contributed by atoms with Crippen molar-refractivity contribution in [3.8, 4) is 6.07 Å². The number of H-pyrrole nitrogens is 1. The molecule has 8 heteroatoms. The molecule has 1 aliphatic carbocycles. The Kier molecular flexibility index (Phi) is 4.38. The lowest BCUT2D eigenvalue weighted by Crippen LogP contribution is -2.39. The number of rotatable bonds is 4. The van der Waals surface area contributed by atoms with Crippen molar-refractivity contribution >= 4 is 16.8 Å². The van der Waals surface area contributed by atoms with Gasteiger partial charge in [0, 0.05) is 10.9 Å². The van der Waals surface area contributed by atoms with Gasteiger partial charge in [0.05, 0.1) is 22.7 Å². The van der Waals surface area contributed by atoms with Gasteiger partial charge in [0.25, 0.3) is 5.56 Å².